The molecule has 5 heteroatoms. The first-order valence-electron chi connectivity index (χ1n) is 5.91. The Labute approximate surface area is 119 Å². The van der Waals surface area contributed by atoms with Gasteiger partial charge in [-0.15, -0.1) is 11.3 Å². The summed E-state index contributed by atoms with van der Waals surface area (Å²) < 4.78 is 42.0. The molecule has 0 aliphatic carbocycles. The lowest BCUT2D eigenvalue weighted by molar-refractivity contribution is 0.591. The maximum absolute atomic E-state index is 14.1. The van der Waals surface area contributed by atoms with Crippen LogP contribution in [0.15, 0.2) is 30.3 Å². The predicted molar refractivity (Wildman–Crippen MR) is 77.3 cm³/mol. The molecule has 0 amide bonds. The van der Waals surface area contributed by atoms with Gasteiger partial charge in [-0.05, 0) is 37.3 Å². The van der Waals surface area contributed by atoms with E-state index >= 15 is 0 Å². The molecule has 2 radical (unpaired) electrons. The average Bonchev–Trinajstić information content (AvgIpc) is 2.64. The molecule has 0 aliphatic rings. The molecule has 2 aromatic carbocycles. The second-order valence-electron chi connectivity index (χ2n) is 4.53. The van der Waals surface area contributed by atoms with Crippen LogP contribution < -0.4 is 5.46 Å². The zero-order valence-electron chi connectivity index (χ0n) is 10.5. The highest BCUT2D eigenvalue weighted by atomic mass is 32.1. The predicted octanol–water partition coefficient (Wildman–Crippen LogP) is 4.09. The van der Waals surface area contributed by atoms with E-state index in [1.165, 1.54) is 23.5 Å². The molecule has 0 saturated heterocycles. The van der Waals surface area contributed by atoms with Gasteiger partial charge in [-0.2, -0.15) is 0 Å². The molecule has 0 aliphatic heterocycles. The van der Waals surface area contributed by atoms with E-state index in [1.807, 2.05) is 0 Å². The maximum atomic E-state index is 14.1. The van der Waals surface area contributed by atoms with Crippen molar-refractivity contribution in [1.82, 2.24) is 0 Å². The zero-order valence-corrected chi connectivity index (χ0v) is 11.3. The van der Waals surface area contributed by atoms with Gasteiger partial charge in [0.25, 0.3) is 0 Å². The SMILES string of the molecule is [B]c1cc(F)c(-c2c(C)sc3cc(F)ccc23)c(F)c1. The Kier molecular flexibility index (Phi) is 3.09. The van der Waals surface area contributed by atoms with Crippen LogP contribution in [0.25, 0.3) is 21.2 Å². The van der Waals surface area contributed by atoms with Crippen molar-refractivity contribution in [2.24, 2.45) is 0 Å². The van der Waals surface area contributed by atoms with Crippen LogP contribution in [-0.2, 0) is 0 Å². The molecule has 0 bridgehead atoms. The molecule has 0 N–H and O–H groups in total. The molecule has 98 valence electrons. The number of hydrogen-bond acceptors (Lipinski definition) is 1. The van der Waals surface area contributed by atoms with E-state index < -0.39 is 11.6 Å². The molecule has 1 heterocycles. The maximum Gasteiger partial charge on any atom is 0.133 e. The smallest absolute Gasteiger partial charge is 0.133 e. The van der Waals surface area contributed by atoms with Crippen LogP contribution in [0.3, 0.4) is 0 Å². The molecular weight excluding hydrogens is 280 g/mol. The highest BCUT2D eigenvalue weighted by molar-refractivity contribution is 7.19. The molecule has 3 aromatic rings. The first kappa shape index (κ1) is 13.2. The average molecular weight is 288 g/mol. The minimum absolute atomic E-state index is 0.0342. The Morgan fingerprint density at radius 2 is 1.60 bits per heavy atom. The molecule has 0 saturated carbocycles. The Hall–Kier alpha value is -1.75. The van der Waals surface area contributed by atoms with Gasteiger partial charge in [-0.25, -0.2) is 13.2 Å². The standard InChI is InChI=1S/C15H8BF3S/c1-7-14(10-3-2-9(17)6-13(10)20-7)15-11(18)4-8(16)5-12(15)19/h2-6H,1H3. The number of benzene rings is 2. The van der Waals surface area contributed by atoms with Crippen LogP contribution in [0.1, 0.15) is 4.88 Å². The molecular formula is C15H8BF3S. The number of rotatable bonds is 1. The quantitative estimate of drug-likeness (QED) is 0.592. The van der Waals surface area contributed by atoms with Crippen LogP contribution in [0.2, 0.25) is 0 Å². The lowest BCUT2D eigenvalue weighted by Gasteiger charge is -2.07. The Morgan fingerprint density at radius 1 is 0.950 bits per heavy atom. The summed E-state index contributed by atoms with van der Waals surface area (Å²) in [5.41, 5.74) is 0.376. The van der Waals surface area contributed by atoms with Crippen LogP contribution in [0.4, 0.5) is 13.2 Å². The topological polar surface area (TPSA) is 0 Å². The first-order chi connectivity index (χ1) is 9.47. The molecule has 20 heavy (non-hydrogen) atoms. The Balaban J connectivity index is 2.38. The number of thiophene rings is 1. The summed E-state index contributed by atoms with van der Waals surface area (Å²) in [4.78, 5) is 0.730. The fraction of sp³-hybridized carbons (Fsp3) is 0.0667. The van der Waals surface area contributed by atoms with E-state index in [4.69, 9.17) is 7.85 Å². The van der Waals surface area contributed by atoms with Gasteiger partial charge in [0.15, 0.2) is 0 Å². The van der Waals surface area contributed by atoms with Gasteiger partial charge in [0.05, 0.1) is 5.56 Å². The van der Waals surface area contributed by atoms with Crippen molar-refractivity contribution in [3.8, 4) is 11.1 Å². The number of halogens is 3. The van der Waals surface area contributed by atoms with Crippen molar-refractivity contribution in [2.75, 3.05) is 0 Å². The molecule has 0 unspecified atom stereocenters. The third kappa shape index (κ3) is 2.02. The molecule has 0 atom stereocenters. The summed E-state index contributed by atoms with van der Waals surface area (Å²) in [7, 11) is 5.43. The van der Waals surface area contributed by atoms with E-state index in [-0.39, 0.29) is 16.8 Å². The van der Waals surface area contributed by atoms with Crippen molar-refractivity contribution in [3.05, 3.63) is 52.7 Å². The third-order valence-electron chi connectivity index (χ3n) is 3.14. The van der Waals surface area contributed by atoms with Gasteiger partial charge < -0.3 is 0 Å². The van der Waals surface area contributed by atoms with Crippen molar-refractivity contribution in [1.29, 1.82) is 0 Å². The monoisotopic (exact) mass is 288 g/mol. The fourth-order valence-electron chi connectivity index (χ4n) is 2.34. The molecule has 0 fully saturated rings. The van der Waals surface area contributed by atoms with E-state index in [0.29, 0.717) is 15.6 Å². The van der Waals surface area contributed by atoms with E-state index in [1.54, 1.807) is 13.0 Å². The van der Waals surface area contributed by atoms with Crippen molar-refractivity contribution < 1.29 is 13.2 Å². The Morgan fingerprint density at radius 3 is 2.25 bits per heavy atom. The number of aryl methyl sites for hydroxylation is 1. The molecule has 0 nitrogen and oxygen atoms in total. The largest absolute Gasteiger partial charge is 0.207 e. The summed E-state index contributed by atoms with van der Waals surface area (Å²) in [5, 5.41) is 0.636. The molecule has 3 rings (SSSR count). The fourth-order valence-corrected chi connectivity index (χ4v) is 3.43. The van der Waals surface area contributed by atoms with E-state index in [0.717, 1.165) is 17.0 Å². The second kappa shape index (κ2) is 4.67. The van der Waals surface area contributed by atoms with E-state index in [2.05, 4.69) is 0 Å². The lowest BCUT2D eigenvalue weighted by atomic mass is 9.92. The molecule has 1 aromatic heterocycles. The Bertz CT molecular complexity index is 800. The highest BCUT2D eigenvalue weighted by Gasteiger charge is 2.19. The second-order valence-corrected chi connectivity index (χ2v) is 5.79. The van der Waals surface area contributed by atoms with Crippen LogP contribution >= 0.6 is 11.3 Å². The zero-order chi connectivity index (χ0) is 14.4. The minimum Gasteiger partial charge on any atom is -0.207 e. The van der Waals surface area contributed by atoms with Gasteiger partial charge in [-0.3, -0.25) is 0 Å². The van der Waals surface area contributed by atoms with Gasteiger partial charge in [-0.1, -0.05) is 5.46 Å². The summed E-state index contributed by atoms with van der Waals surface area (Å²) in [6, 6.07) is 6.36. The van der Waals surface area contributed by atoms with Crippen LogP contribution in [0.5, 0.6) is 0 Å². The number of hydrogen-bond donors (Lipinski definition) is 0. The normalized spacial score (nSPS) is 11.2. The summed E-state index contributed by atoms with van der Waals surface area (Å²) >= 11 is 1.30. The number of fused-ring (bicyclic) bond motifs is 1. The van der Waals surface area contributed by atoms with Crippen molar-refractivity contribution >= 4 is 34.7 Å². The summed E-state index contributed by atoms with van der Waals surface area (Å²) in [6.07, 6.45) is 0. The van der Waals surface area contributed by atoms with Crippen LogP contribution in [0, 0.1) is 24.4 Å². The molecule has 0 spiro atoms. The minimum atomic E-state index is -0.713. The lowest BCUT2D eigenvalue weighted by Crippen LogP contribution is -2.06. The van der Waals surface area contributed by atoms with E-state index in [9.17, 15) is 13.2 Å². The summed E-state index contributed by atoms with van der Waals surface area (Å²) in [6.45, 7) is 1.76. The summed E-state index contributed by atoms with van der Waals surface area (Å²) in [5.74, 6) is -1.80. The van der Waals surface area contributed by atoms with Gasteiger partial charge >= 0.3 is 0 Å². The van der Waals surface area contributed by atoms with Crippen LogP contribution in [-0.4, -0.2) is 7.85 Å². The third-order valence-corrected chi connectivity index (χ3v) is 4.21. The first-order valence-corrected chi connectivity index (χ1v) is 6.72. The van der Waals surface area contributed by atoms with Gasteiger partial charge in [0.1, 0.15) is 25.3 Å². The van der Waals surface area contributed by atoms with Gasteiger partial charge in [0, 0.05) is 20.5 Å². The van der Waals surface area contributed by atoms with Gasteiger partial charge in [0.2, 0.25) is 0 Å². The van der Waals surface area contributed by atoms with Crippen molar-refractivity contribution in [2.45, 2.75) is 6.92 Å². The highest BCUT2D eigenvalue weighted by Crippen LogP contribution is 2.40. The van der Waals surface area contributed by atoms with Crippen molar-refractivity contribution in [3.63, 3.8) is 0 Å².